The molecule has 0 radical (unpaired) electrons. The standard InChI is InChI=1S/C14H18N2O2/c1-18-13-3-2-12(9-15)14(8-13)16-6-4-11(10-16)5-7-17/h2-3,8,11,17H,4-7,10H2,1H3. The van der Waals surface area contributed by atoms with E-state index in [9.17, 15) is 0 Å². The van der Waals surface area contributed by atoms with Crippen molar-refractivity contribution in [2.45, 2.75) is 12.8 Å². The van der Waals surface area contributed by atoms with Crippen LogP contribution in [0.4, 0.5) is 5.69 Å². The highest BCUT2D eigenvalue weighted by Gasteiger charge is 2.24. The molecule has 0 spiro atoms. The number of hydrogen-bond acceptors (Lipinski definition) is 4. The van der Waals surface area contributed by atoms with Crippen LogP contribution in [0.2, 0.25) is 0 Å². The van der Waals surface area contributed by atoms with Crippen molar-refractivity contribution in [1.29, 1.82) is 5.26 Å². The summed E-state index contributed by atoms with van der Waals surface area (Å²) in [6.07, 6.45) is 1.91. The summed E-state index contributed by atoms with van der Waals surface area (Å²) in [7, 11) is 1.63. The van der Waals surface area contributed by atoms with Gasteiger partial charge in [0.2, 0.25) is 0 Å². The van der Waals surface area contributed by atoms with Crippen LogP contribution < -0.4 is 9.64 Å². The van der Waals surface area contributed by atoms with Crippen LogP contribution in [0.15, 0.2) is 18.2 Å². The molecule has 18 heavy (non-hydrogen) atoms. The van der Waals surface area contributed by atoms with Gasteiger partial charge in [-0.25, -0.2) is 0 Å². The maximum Gasteiger partial charge on any atom is 0.121 e. The van der Waals surface area contributed by atoms with E-state index in [4.69, 9.17) is 15.1 Å². The lowest BCUT2D eigenvalue weighted by molar-refractivity contribution is 0.263. The van der Waals surface area contributed by atoms with Crippen molar-refractivity contribution in [2.24, 2.45) is 5.92 Å². The number of aliphatic hydroxyl groups is 1. The van der Waals surface area contributed by atoms with E-state index in [2.05, 4.69) is 11.0 Å². The molecule has 1 fully saturated rings. The van der Waals surface area contributed by atoms with Crippen molar-refractivity contribution in [3.05, 3.63) is 23.8 Å². The first-order valence-corrected chi connectivity index (χ1v) is 6.22. The average molecular weight is 246 g/mol. The Labute approximate surface area is 107 Å². The van der Waals surface area contributed by atoms with E-state index in [1.807, 2.05) is 12.1 Å². The molecule has 4 nitrogen and oxygen atoms in total. The molecule has 1 aromatic carbocycles. The molecule has 1 atom stereocenters. The maximum absolute atomic E-state index is 9.15. The fourth-order valence-electron chi connectivity index (χ4n) is 2.46. The van der Waals surface area contributed by atoms with Crippen LogP contribution in [0.1, 0.15) is 18.4 Å². The molecule has 4 heteroatoms. The summed E-state index contributed by atoms with van der Waals surface area (Å²) in [5.74, 6) is 1.29. The third-order valence-electron chi connectivity index (χ3n) is 3.49. The first kappa shape index (κ1) is 12.7. The molecule has 1 heterocycles. The van der Waals surface area contributed by atoms with Gasteiger partial charge in [-0.3, -0.25) is 0 Å². The van der Waals surface area contributed by atoms with Crippen LogP contribution in [-0.2, 0) is 0 Å². The molecular formula is C14H18N2O2. The van der Waals surface area contributed by atoms with Crippen molar-refractivity contribution < 1.29 is 9.84 Å². The first-order chi connectivity index (χ1) is 8.78. The second-order valence-corrected chi connectivity index (χ2v) is 4.61. The Morgan fingerprint density at radius 2 is 2.39 bits per heavy atom. The number of nitriles is 1. The number of hydrogen-bond donors (Lipinski definition) is 1. The molecule has 0 bridgehead atoms. The molecule has 96 valence electrons. The first-order valence-electron chi connectivity index (χ1n) is 6.22. The van der Waals surface area contributed by atoms with Gasteiger partial charge in [0.15, 0.2) is 0 Å². The van der Waals surface area contributed by atoms with Crippen LogP contribution in [0.5, 0.6) is 5.75 Å². The summed E-state index contributed by atoms with van der Waals surface area (Å²) in [6.45, 7) is 2.08. The van der Waals surface area contributed by atoms with E-state index in [0.717, 1.165) is 37.4 Å². The van der Waals surface area contributed by atoms with E-state index in [0.29, 0.717) is 11.5 Å². The average Bonchev–Trinajstić information content (AvgIpc) is 2.87. The molecular weight excluding hydrogens is 228 g/mol. The van der Waals surface area contributed by atoms with Crippen LogP contribution >= 0.6 is 0 Å². The van der Waals surface area contributed by atoms with Crippen molar-refractivity contribution in [3.8, 4) is 11.8 Å². The Morgan fingerprint density at radius 1 is 1.56 bits per heavy atom. The van der Waals surface area contributed by atoms with Gasteiger partial charge >= 0.3 is 0 Å². The predicted molar refractivity (Wildman–Crippen MR) is 69.7 cm³/mol. The van der Waals surface area contributed by atoms with Gasteiger partial charge in [-0.15, -0.1) is 0 Å². The van der Waals surface area contributed by atoms with Gasteiger partial charge in [-0.05, 0) is 30.9 Å². The van der Waals surface area contributed by atoms with Gasteiger partial charge in [-0.2, -0.15) is 5.26 Å². The number of rotatable bonds is 4. The normalized spacial score (nSPS) is 18.7. The van der Waals surface area contributed by atoms with Crippen LogP contribution in [-0.4, -0.2) is 31.9 Å². The minimum atomic E-state index is 0.238. The lowest BCUT2D eigenvalue weighted by atomic mass is 10.1. The summed E-state index contributed by atoms with van der Waals surface area (Å²) in [5.41, 5.74) is 1.62. The molecule has 0 saturated carbocycles. The molecule has 0 aromatic heterocycles. The summed E-state index contributed by atoms with van der Waals surface area (Å²) in [5, 5.41) is 18.1. The van der Waals surface area contributed by atoms with Gasteiger partial charge in [0.25, 0.3) is 0 Å². The Balaban J connectivity index is 2.20. The number of methoxy groups -OCH3 is 1. The number of anilines is 1. The number of ether oxygens (including phenoxy) is 1. The summed E-state index contributed by atoms with van der Waals surface area (Å²) >= 11 is 0. The van der Waals surface area contributed by atoms with E-state index >= 15 is 0 Å². The van der Waals surface area contributed by atoms with E-state index in [-0.39, 0.29) is 6.61 Å². The quantitative estimate of drug-likeness (QED) is 0.879. The van der Waals surface area contributed by atoms with Gasteiger partial charge in [-0.1, -0.05) is 0 Å². The second-order valence-electron chi connectivity index (χ2n) is 4.61. The highest BCUT2D eigenvalue weighted by Crippen LogP contribution is 2.31. The molecule has 1 aliphatic rings. The molecule has 1 saturated heterocycles. The van der Waals surface area contributed by atoms with Gasteiger partial charge < -0.3 is 14.7 Å². The van der Waals surface area contributed by atoms with E-state index < -0.39 is 0 Å². The van der Waals surface area contributed by atoms with Gasteiger partial charge in [0.05, 0.1) is 18.4 Å². The number of nitrogens with zero attached hydrogens (tertiary/aromatic N) is 2. The lowest BCUT2D eigenvalue weighted by Crippen LogP contribution is -2.21. The zero-order valence-electron chi connectivity index (χ0n) is 10.6. The van der Waals surface area contributed by atoms with Gasteiger partial charge in [0.1, 0.15) is 11.8 Å². The number of aliphatic hydroxyl groups excluding tert-OH is 1. The third kappa shape index (κ3) is 2.57. The molecule has 2 rings (SSSR count). The zero-order chi connectivity index (χ0) is 13.0. The number of benzene rings is 1. The van der Waals surface area contributed by atoms with E-state index in [1.165, 1.54) is 0 Å². The van der Waals surface area contributed by atoms with Gasteiger partial charge in [0, 0.05) is 25.8 Å². The fraction of sp³-hybridized carbons (Fsp3) is 0.500. The fourth-order valence-corrected chi connectivity index (χ4v) is 2.46. The molecule has 1 aliphatic heterocycles. The topological polar surface area (TPSA) is 56.5 Å². The maximum atomic E-state index is 9.15. The SMILES string of the molecule is COc1ccc(C#N)c(N2CCC(CCO)C2)c1. The van der Waals surface area contributed by atoms with Crippen molar-refractivity contribution >= 4 is 5.69 Å². The van der Waals surface area contributed by atoms with Crippen molar-refractivity contribution in [1.82, 2.24) is 0 Å². The lowest BCUT2D eigenvalue weighted by Gasteiger charge is -2.20. The Kier molecular flexibility index (Phi) is 4.06. The highest BCUT2D eigenvalue weighted by molar-refractivity contribution is 5.62. The Hall–Kier alpha value is -1.73. The monoisotopic (exact) mass is 246 g/mol. The van der Waals surface area contributed by atoms with Crippen LogP contribution in [0.3, 0.4) is 0 Å². The molecule has 1 N–H and O–H groups in total. The molecule has 1 aromatic rings. The molecule has 1 unspecified atom stereocenters. The zero-order valence-corrected chi connectivity index (χ0v) is 10.6. The summed E-state index contributed by atoms with van der Waals surface area (Å²) in [6, 6.07) is 7.75. The summed E-state index contributed by atoms with van der Waals surface area (Å²) in [4.78, 5) is 2.21. The highest BCUT2D eigenvalue weighted by atomic mass is 16.5. The largest absolute Gasteiger partial charge is 0.497 e. The second kappa shape index (κ2) is 5.74. The third-order valence-corrected chi connectivity index (χ3v) is 3.49. The van der Waals surface area contributed by atoms with Crippen LogP contribution in [0.25, 0.3) is 0 Å². The molecule has 0 amide bonds. The summed E-state index contributed by atoms with van der Waals surface area (Å²) < 4.78 is 5.21. The Bertz CT molecular complexity index is 454. The van der Waals surface area contributed by atoms with E-state index in [1.54, 1.807) is 13.2 Å². The smallest absolute Gasteiger partial charge is 0.121 e. The minimum Gasteiger partial charge on any atom is -0.497 e. The Morgan fingerprint density at radius 3 is 3.06 bits per heavy atom. The molecule has 0 aliphatic carbocycles. The van der Waals surface area contributed by atoms with Crippen molar-refractivity contribution in [3.63, 3.8) is 0 Å². The van der Waals surface area contributed by atoms with Crippen LogP contribution in [0, 0.1) is 17.2 Å². The van der Waals surface area contributed by atoms with Crippen molar-refractivity contribution in [2.75, 3.05) is 31.7 Å². The predicted octanol–water partition coefficient (Wildman–Crippen LogP) is 1.78. The minimum absolute atomic E-state index is 0.238.